The molecule has 11 nitrogen and oxygen atoms in total. The second-order valence-corrected chi connectivity index (χ2v) is 11.7. The van der Waals surface area contributed by atoms with Gasteiger partial charge in [0.1, 0.15) is 12.4 Å². The van der Waals surface area contributed by atoms with E-state index in [2.05, 4.69) is 25.0 Å². The van der Waals surface area contributed by atoms with Crippen molar-refractivity contribution in [1.29, 1.82) is 0 Å². The first-order chi connectivity index (χ1) is 20.9. The smallest absolute Gasteiger partial charge is 0.285 e. The third kappa shape index (κ3) is 6.25. The Morgan fingerprint density at radius 2 is 1.70 bits per heavy atom. The number of halogens is 1. The van der Waals surface area contributed by atoms with Crippen LogP contribution in [0.5, 0.6) is 5.75 Å². The molecule has 3 N–H and O–H groups in total. The molecule has 0 radical (unpaired) electrons. The Kier molecular flexibility index (Phi) is 7.86. The zero-order chi connectivity index (χ0) is 29.8. The lowest BCUT2D eigenvalue weighted by atomic mass is 9.90. The second-order valence-electron chi connectivity index (χ2n) is 9.61. The van der Waals surface area contributed by atoms with Crippen molar-refractivity contribution in [3.63, 3.8) is 0 Å². The molecular formula is C30H25ClN8O3S. The monoisotopic (exact) mass is 612 g/mol. The molecule has 43 heavy (non-hydrogen) atoms. The van der Waals surface area contributed by atoms with Crippen molar-refractivity contribution in [2.24, 2.45) is 15.2 Å². The molecule has 6 rings (SSSR count). The van der Waals surface area contributed by atoms with Gasteiger partial charge in [0.2, 0.25) is 11.8 Å². The number of hydrazone groups is 1. The number of aromatic nitrogens is 4. The van der Waals surface area contributed by atoms with Gasteiger partial charge < -0.3 is 10.5 Å². The van der Waals surface area contributed by atoms with Gasteiger partial charge >= 0.3 is 0 Å². The van der Waals surface area contributed by atoms with E-state index in [9.17, 15) is 8.42 Å². The lowest BCUT2D eigenvalue weighted by Crippen LogP contribution is -2.33. The second kappa shape index (κ2) is 12.0. The quantitative estimate of drug-likeness (QED) is 0.190. The van der Waals surface area contributed by atoms with Gasteiger partial charge in [-0.2, -0.15) is 18.7 Å². The van der Waals surface area contributed by atoms with Crippen molar-refractivity contribution in [2.45, 2.75) is 17.4 Å². The summed E-state index contributed by atoms with van der Waals surface area (Å²) in [6.07, 6.45) is 0. The van der Waals surface area contributed by atoms with E-state index in [4.69, 9.17) is 27.2 Å². The molecule has 1 aliphatic heterocycles. The van der Waals surface area contributed by atoms with Gasteiger partial charge in [-0.3, -0.25) is 0 Å². The van der Waals surface area contributed by atoms with Gasteiger partial charge in [-0.25, -0.2) is 5.01 Å². The standard InChI is InChI=1S/C30H25ClN8O3S/c31-23-12-16-25(17-13-23)43(40,41)36-30(32)39-18-27(20-6-2-1-3-7-20)28(35-39)21-10-14-24(15-11-21)42-19-22-8-4-5-9-26(22)29-33-37-38-34-29/h1-17,27H,18-19H2,(H2,32,36)(H,33,34,37,38). The van der Waals surface area contributed by atoms with Crippen LogP contribution in [0.1, 0.15) is 22.6 Å². The summed E-state index contributed by atoms with van der Waals surface area (Å²) >= 11 is 5.90. The molecule has 2 heterocycles. The van der Waals surface area contributed by atoms with Crippen LogP contribution in [0, 0.1) is 0 Å². The summed E-state index contributed by atoms with van der Waals surface area (Å²) in [6.45, 7) is 0.621. The van der Waals surface area contributed by atoms with E-state index in [1.807, 2.05) is 78.9 Å². The number of nitrogens with one attached hydrogen (secondary N) is 1. The molecule has 5 aromatic rings. The minimum absolute atomic E-state index is 0.0154. The van der Waals surface area contributed by atoms with E-state index >= 15 is 0 Å². The van der Waals surface area contributed by atoms with Crippen LogP contribution >= 0.6 is 11.6 Å². The largest absolute Gasteiger partial charge is 0.489 e. The molecule has 0 saturated heterocycles. The molecule has 0 amide bonds. The van der Waals surface area contributed by atoms with Crippen molar-refractivity contribution in [3.05, 3.63) is 125 Å². The third-order valence-corrected chi connectivity index (χ3v) is 8.40. The zero-order valence-corrected chi connectivity index (χ0v) is 24.2. The Balaban J connectivity index is 1.24. The predicted octanol–water partition coefficient (Wildman–Crippen LogP) is 4.61. The van der Waals surface area contributed by atoms with Crippen LogP contribution in [0.15, 0.2) is 118 Å². The van der Waals surface area contributed by atoms with Crippen LogP contribution in [0.3, 0.4) is 0 Å². The number of benzene rings is 4. The Hall–Kier alpha value is -5.07. The Morgan fingerprint density at radius 1 is 0.977 bits per heavy atom. The van der Waals surface area contributed by atoms with E-state index in [0.717, 1.165) is 28.0 Å². The fourth-order valence-electron chi connectivity index (χ4n) is 4.71. The number of ether oxygens (including phenoxy) is 1. The maximum Gasteiger partial charge on any atom is 0.285 e. The lowest BCUT2D eigenvalue weighted by molar-refractivity contribution is 0.306. The minimum atomic E-state index is -4.07. The highest BCUT2D eigenvalue weighted by Crippen LogP contribution is 2.30. The van der Waals surface area contributed by atoms with Gasteiger partial charge in [0, 0.05) is 22.1 Å². The first-order valence-electron chi connectivity index (χ1n) is 13.2. The molecule has 0 saturated carbocycles. The van der Waals surface area contributed by atoms with Crippen LogP contribution in [-0.4, -0.2) is 52.3 Å². The highest BCUT2D eigenvalue weighted by atomic mass is 35.5. The van der Waals surface area contributed by atoms with Gasteiger partial charge in [-0.1, -0.05) is 66.2 Å². The van der Waals surface area contributed by atoms with Gasteiger partial charge in [0.05, 0.1) is 17.2 Å². The fourth-order valence-corrected chi connectivity index (χ4v) is 5.76. The van der Waals surface area contributed by atoms with Gasteiger partial charge in [-0.05, 0) is 64.9 Å². The van der Waals surface area contributed by atoms with Crippen LogP contribution in [0.25, 0.3) is 11.4 Å². The number of rotatable bonds is 8. The molecule has 13 heteroatoms. The Bertz CT molecular complexity index is 1880. The van der Waals surface area contributed by atoms with Crippen LogP contribution in [0.2, 0.25) is 5.02 Å². The maximum atomic E-state index is 12.9. The van der Waals surface area contributed by atoms with Gasteiger partial charge in [0.15, 0.2) is 0 Å². The van der Waals surface area contributed by atoms with Crippen molar-refractivity contribution < 1.29 is 13.2 Å². The number of hydrogen-bond donors (Lipinski definition) is 2. The zero-order valence-electron chi connectivity index (χ0n) is 22.6. The molecule has 1 aromatic heterocycles. The maximum absolute atomic E-state index is 12.9. The van der Waals surface area contributed by atoms with E-state index in [1.165, 1.54) is 29.3 Å². The summed E-state index contributed by atoms with van der Waals surface area (Å²) in [7, 11) is -4.07. The first-order valence-corrected chi connectivity index (χ1v) is 15.0. The molecule has 1 atom stereocenters. The molecule has 0 bridgehead atoms. The van der Waals surface area contributed by atoms with E-state index in [0.29, 0.717) is 29.7 Å². The summed E-state index contributed by atoms with van der Waals surface area (Å²) < 4.78 is 35.7. The van der Waals surface area contributed by atoms with E-state index < -0.39 is 10.0 Å². The average Bonchev–Trinajstić information content (AvgIpc) is 3.72. The summed E-state index contributed by atoms with van der Waals surface area (Å²) in [5, 5.41) is 20.8. The molecule has 0 aliphatic carbocycles. The molecule has 0 fully saturated rings. The first kappa shape index (κ1) is 28.1. The van der Waals surface area contributed by atoms with Crippen LogP contribution < -0.4 is 10.5 Å². The molecule has 1 unspecified atom stereocenters. The highest BCUT2D eigenvalue weighted by molar-refractivity contribution is 7.90. The third-order valence-electron chi connectivity index (χ3n) is 6.85. The Labute approximate surface area is 252 Å². The van der Waals surface area contributed by atoms with Crippen LogP contribution in [-0.2, 0) is 16.6 Å². The van der Waals surface area contributed by atoms with Crippen molar-refractivity contribution in [1.82, 2.24) is 25.6 Å². The topological polar surface area (TPSA) is 152 Å². The molecule has 216 valence electrons. The number of H-pyrrole nitrogens is 1. The average molecular weight is 613 g/mol. The minimum Gasteiger partial charge on any atom is -0.489 e. The van der Waals surface area contributed by atoms with Crippen molar-refractivity contribution in [3.8, 4) is 17.1 Å². The van der Waals surface area contributed by atoms with Gasteiger partial charge in [-0.15, -0.1) is 14.6 Å². The number of tetrazole rings is 1. The predicted molar refractivity (Wildman–Crippen MR) is 163 cm³/mol. The van der Waals surface area contributed by atoms with Gasteiger partial charge in [0.25, 0.3) is 10.0 Å². The van der Waals surface area contributed by atoms with E-state index in [1.54, 1.807) is 0 Å². The van der Waals surface area contributed by atoms with Crippen LogP contribution in [0.4, 0.5) is 0 Å². The molecule has 1 aliphatic rings. The number of hydrogen-bond acceptors (Lipinski definition) is 7. The number of nitrogens with two attached hydrogens (primary N) is 1. The highest BCUT2D eigenvalue weighted by Gasteiger charge is 2.31. The summed E-state index contributed by atoms with van der Waals surface area (Å²) in [5.41, 5.74) is 10.5. The number of nitrogens with zero attached hydrogens (tertiary/aromatic N) is 6. The summed E-state index contributed by atoms with van der Waals surface area (Å²) in [5.74, 6) is 0.746. The number of sulfonamides is 1. The molecule has 0 spiro atoms. The summed E-state index contributed by atoms with van der Waals surface area (Å²) in [4.78, 5) is -0.0154. The Morgan fingerprint density at radius 3 is 2.42 bits per heavy atom. The number of guanidine groups is 1. The fraction of sp³-hybridized carbons (Fsp3) is 0.100. The van der Waals surface area contributed by atoms with Crippen molar-refractivity contribution in [2.75, 3.05) is 6.54 Å². The lowest BCUT2D eigenvalue weighted by Gasteiger charge is -2.16. The number of aromatic amines is 1. The SMILES string of the molecule is N/C(=N\S(=O)(=O)c1ccc(Cl)cc1)N1CC(c2ccccc2)C(c2ccc(OCc3ccccc3-c3nn[nH]n3)cc2)=N1. The molecule has 4 aromatic carbocycles. The van der Waals surface area contributed by atoms with E-state index in [-0.39, 0.29) is 16.8 Å². The summed E-state index contributed by atoms with van der Waals surface area (Å²) in [6, 6.07) is 30.8. The normalized spacial score (nSPS) is 15.4. The van der Waals surface area contributed by atoms with Crippen molar-refractivity contribution >= 4 is 33.3 Å². The molecular weight excluding hydrogens is 588 g/mol.